The van der Waals surface area contributed by atoms with Gasteiger partial charge in [0.15, 0.2) is 0 Å². The average molecular weight is 423 g/mol. The van der Waals surface area contributed by atoms with Gasteiger partial charge in [0.05, 0.1) is 5.56 Å². The van der Waals surface area contributed by atoms with E-state index in [1.54, 1.807) is 27.7 Å². The van der Waals surface area contributed by atoms with E-state index in [4.69, 9.17) is 0 Å². The zero-order valence-corrected chi connectivity index (χ0v) is 16.5. The molecule has 0 aliphatic carbocycles. The van der Waals surface area contributed by atoms with Gasteiger partial charge in [-0.15, -0.1) is 10.2 Å². The molecule has 2 aromatic carbocycles. The molecule has 5 rings (SSSR count). The molecule has 0 spiro atoms. The summed E-state index contributed by atoms with van der Waals surface area (Å²) in [5.41, 5.74) is 0.397. The minimum atomic E-state index is -0.532. The Kier molecular flexibility index (Phi) is 4.72. The number of nitrogens with zero attached hydrogens (tertiary/aromatic N) is 4. The molecule has 2 aliphatic heterocycles. The van der Waals surface area contributed by atoms with Crippen molar-refractivity contribution in [2.24, 2.45) is 11.8 Å². The van der Waals surface area contributed by atoms with Gasteiger partial charge in [-0.05, 0) is 42.2 Å². The summed E-state index contributed by atoms with van der Waals surface area (Å²) < 4.78 is 29.2. The summed E-state index contributed by atoms with van der Waals surface area (Å²) >= 11 is 0. The van der Waals surface area contributed by atoms with Gasteiger partial charge in [0.2, 0.25) is 5.82 Å². The topological polar surface area (TPSA) is 80.1 Å². The van der Waals surface area contributed by atoms with Crippen LogP contribution in [0.2, 0.25) is 0 Å². The zero-order valence-electron chi connectivity index (χ0n) is 16.5. The fourth-order valence-electron chi connectivity index (χ4n) is 4.42. The third-order valence-electron chi connectivity index (χ3n) is 5.94. The van der Waals surface area contributed by atoms with Crippen LogP contribution in [0.3, 0.4) is 0 Å². The molecule has 0 radical (unpaired) electrons. The Morgan fingerprint density at radius 1 is 0.968 bits per heavy atom. The van der Waals surface area contributed by atoms with Crippen LogP contribution in [0.15, 0.2) is 48.5 Å². The van der Waals surface area contributed by atoms with E-state index in [1.807, 2.05) is 0 Å². The maximum Gasteiger partial charge on any atom is 0.293 e. The van der Waals surface area contributed by atoms with Crippen molar-refractivity contribution in [1.82, 2.24) is 19.7 Å². The van der Waals surface area contributed by atoms with Gasteiger partial charge in [-0.3, -0.25) is 9.59 Å². The van der Waals surface area contributed by atoms with Crippen LogP contribution in [0.1, 0.15) is 26.8 Å². The molecule has 0 unspecified atom stereocenters. The Hall–Kier alpha value is -3.62. The van der Waals surface area contributed by atoms with Crippen molar-refractivity contribution >= 4 is 17.5 Å². The first-order valence-corrected chi connectivity index (χ1v) is 10.0. The normalized spacial score (nSPS) is 19.6. The molecule has 1 aromatic heterocycles. The number of carbonyl (C=O) groups is 2. The smallest absolute Gasteiger partial charge is 0.293 e. The van der Waals surface area contributed by atoms with Gasteiger partial charge in [0, 0.05) is 31.7 Å². The van der Waals surface area contributed by atoms with Crippen LogP contribution < -0.4 is 5.32 Å². The molecule has 3 heterocycles. The number of benzene rings is 2. The van der Waals surface area contributed by atoms with Crippen LogP contribution in [0.25, 0.3) is 0 Å². The van der Waals surface area contributed by atoms with Gasteiger partial charge in [-0.2, -0.15) is 0 Å². The Labute approximate surface area is 176 Å². The standard InChI is InChI=1S/C22H19F2N5O2/c23-15-4-3-5-16(9-15)25-21(30)20-27-26-19-8-13-10-28(11-14(13)12-29(19)20)22(31)17-6-1-2-7-18(17)24/h1-7,9,13-14H,8,10-12H2,(H,25,30)/t13-,14-/m0/s1. The summed E-state index contributed by atoms with van der Waals surface area (Å²) in [6.07, 6.45) is 0.575. The molecule has 9 heteroatoms. The number of rotatable bonds is 3. The lowest BCUT2D eigenvalue weighted by Crippen LogP contribution is -2.31. The quantitative estimate of drug-likeness (QED) is 0.703. The number of hydrogen-bond acceptors (Lipinski definition) is 4. The number of aromatic nitrogens is 3. The van der Waals surface area contributed by atoms with Gasteiger partial charge >= 0.3 is 0 Å². The van der Waals surface area contributed by atoms with Crippen LogP contribution in [-0.4, -0.2) is 44.6 Å². The number of nitrogens with one attached hydrogen (secondary N) is 1. The summed E-state index contributed by atoms with van der Waals surface area (Å²) in [5.74, 6) is -0.674. The molecule has 31 heavy (non-hydrogen) atoms. The molecule has 2 aliphatic rings. The Morgan fingerprint density at radius 2 is 1.77 bits per heavy atom. The first-order valence-electron chi connectivity index (χ1n) is 10.0. The van der Waals surface area contributed by atoms with Crippen LogP contribution >= 0.6 is 0 Å². The van der Waals surface area contributed by atoms with Crippen molar-refractivity contribution < 1.29 is 18.4 Å². The summed E-state index contributed by atoms with van der Waals surface area (Å²) in [7, 11) is 0. The SMILES string of the molecule is O=C(Nc1cccc(F)c1)c1nnc2n1C[C@@H]1CN(C(=O)c3ccccc3F)C[C@@H]1C2. The van der Waals surface area contributed by atoms with Crippen LogP contribution in [0.5, 0.6) is 0 Å². The van der Waals surface area contributed by atoms with E-state index in [0.717, 1.165) is 0 Å². The third kappa shape index (κ3) is 3.56. The van der Waals surface area contributed by atoms with Gasteiger partial charge in [-0.25, -0.2) is 8.78 Å². The molecular formula is C22H19F2N5O2. The van der Waals surface area contributed by atoms with E-state index >= 15 is 0 Å². The Morgan fingerprint density at radius 3 is 2.58 bits per heavy atom. The summed E-state index contributed by atoms with van der Waals surface area (Å²) in [5, 5.41) is 10.8. The van der Waals surface area contributed by atoms with Gasteiger partial charge in [0.1, 0.15) is 17.5 Å². The second kappa shape index (κ2) is 7.57. The van der Waals surface area contributed by atoms with Crippen molar-refractivity contribution in [3.8, 4) is 0 Å². The van der Waals surface area contributed by atoms with Crippen molar-refractivity contribution in [2.45, 2.75) is 13.0 Å². The van der Waals surface area contributed by atoms with Crippen molar-refractivity contribution in [3.63, 3.8) is 0 Å². The van der Waals surface area contributed by atoms with Crippen LogP contribution in [0.4, 0.5) is 14.5 Å². The number of hydrogen-bond donors (Lipinski definition) is 1. The summed E-state index contributed by atoms with van der Waals surface area (Å²) in [4.78, 5) is 27.1. The second-order valence-corrected chi connectivity index (χ2v) is 7.93. The highest BCUT2D eigenvalue weighted by atomic mass is 19.1. The first-order chi connectivity index (χ1) is 15.0. The Balaban J connectivity index is 1.32. The molecular weight excluding hydrogens is 404 g/mol. The van der Waals surface area contributed by atoms with Crippen molar-refractivity contribution in [3.05, 3.63) is 77.4 Å². The fraction of sp³-hybridized carbons (Fsp3) is 0.273. The van der Waals surface area contributed by atoms with Crippen LogP contribution in [-0.2, 0) is 13.0 Å². The first kappa shape index (κ1) is 19.3. The van der Waals surface area contributed by atoms with Gasteiger partial charge < -0.3 is 14.8 Å². The third-order valence-corrected chi connectivity index (χ3v) is 5.94. The van der Waals surface area contributed by atoms with E-state index in [-0.39, 0.29) is 29.1 Å². The molecule has 2 atom stereocenters. The fourth-order valence-corrected chi connectivity index (χ4v) is 4.42. The molecule has 158 valence electrons. The molecule has 1 fully saturated rings. The minimum absolute atomic E-state index is 0.0655. The van der Waals surface area contributed by atoms with E-state index in [9.17, 15) is 18.4 Å². The highest BCUT2D eigenvalue weighted by molar-refractivity contribution is 6.01. The average Bonchev–Trinajstić information content (AvgIpc) is 3.35. The highest BCUT2D eigenvalue weighted by Crippen LogP contribution is 2.33. The lowest BCUT2D eigenvalue weighted by atomic mass is 9.89. The lowest BCUT2D eigenvalue weighted by molar-refractivity contribution is 0.0778. The number of fused-ring (bicyclic) bond motifs is 2. The lowest BCUT2D eigenvalue weighted by Gasteiger charge is -2.25. The summed E-state index contributed by atoms with van der Waals surface area (Å²) in [6.45, 7) is 1.47. The predicted octanol–water partition coefficient (Wildman–Crippen LogP) is 2.75. The molecule has 3 aromatic rings. The highest BCUT2D eigenvalue weighted by Gasteiger charge is 2.41. The number of anilines is 1. The number of carbonyl (C=O) groups excluding carboxylic acids is 2. The molecule has 2 amide bonds. The van der Waals surface area contributed by atoms with E-state index in [0.29, 0.717) is 37.6 Å². The minimum Gasteiger partial charge on any atom is -0.338 e. The van der Waals surface area contributed by atoms with E-state index in [1.165, 1.54) is 30.3 Å². The number of amides is 2. The molecule has 0 bridgehead atoms. The monoisotopic (exact) mass is 423 g/mol. The summed E-state index contributed by atoms with van der Waals surface area (Å²) in [6, 6.07) is 11.6. The van der Waals surface area contributed by atoms with Crippen molar-refractivity contribution in [1.29, 1.82) is 0 Å². The van der Waals surface area contributed by atoms with E-state index < -0.39 is 17.5 Å². The predicted molar refractivity (Wildman–Crippen MR) is 107 cm³/mol. The van der Waals surface area contributed by atoms with Crippen molar-refractivity contribution in [2.75, 3.05) is 18.4 Å². The zero-order chi connectivity index (χ0) is 21.5. The van der Waals surface area contributed by atoms with Crippen LogP contribution in [0, 0.1) is 23.5 Å². The maximum atomic E-state index is 14.0. The molecule has 0 saturated carbocycles. The largest absolute Gasteiger partial charge is 0.338 e. The van der Waals surface area contributed by atoms with Gasteiger partial charge in [0.25, 0.3) is 11.8 Å². The van der Waals surface area contributed by atoms with E-state index in [2.05, 4.69) is 15.5 Å². The number of likely N-dealkylation sites (tertiary alicyclic amines) is 1. The molecule has 7 nitrogen and oxygen atoms in total. The second-order valence-electron chi connectivity index (χ2n) is 7.93. The number of halogens is 2. The van der Waals surface area contributed by atoms with Gasteiger partial charge in [-0.1, -0.05) is 18.2 Å². The Bertz CT molecular complexity index is 1180. The molecule has 1 N–H and O–H groups in total. The molecule has 1 saturated heterocycles. The maximum absolute atomic E-state index is 14.0.